The van der Waals surface area contributed by atoms with Gasteiger partial charge in [0.25, 0.3) is 0 Å². The van der Waals surface area contributed by atoms with Crippen LogP contribution in [0.5, 0.6) is 11.5 Å². The molecule has 1 saturated carbocycles. The second-order valence-electron chi connectivity index (χ2n) is 11.6. The summed E-state index contributed by atoms with van der Waals surface area (Å²) < 4.78 is 17.7. The number of likely N-dealkylation sites (tertiary alicyclic amines) is 1. The molecule has 3 heterocycles. The van der Waals surface area contributed by atoms with E-state index in [4.69, 9.17) is 13.9 Å². The summed E-state index contributed by atoms with van der Waals surface area (Å²) in [7, 11) is 2.21. The van der Waals surface area contributed by atoms with Crippen LogP contribution in [0.4, 0.5) is 0 Å². The predicted octanol–water partition coefficient (Wildman–Crippen LogP) is 4.44. The Balaban J connectivity index is 1.42. The average molecular weight is 505 g/mol. The van der Waals surface area contributed by atoms with Crippen molar-refractivity contribution in [3.8, 4) is 11.5 Å². The highest BCUT2D eigenvalue weighted by molar-refractivity contribution is 5.92. The zero-order chi connectivity index (χ0) is 25.9. The summed E-state index contributed by atoms with van der Waals surface area (Å²) in [6.07, 6.45) is 10.4. The molecule has 2 bridgehead atoms. The lowest BCUT2D eigenvalue weighted by Crippen LogP contribution is -2.68. The van der Waals surface area contributed by atoms with Crippen molar-refractivity contribution in [3.63, 3.8) is 0 Å². The fourth-order valence-electron chi connectivity index (χ4n) is 7.70. The maximum absolute atomic E-state index is 13.7. The minimum Gasteiger partial charge on any atom is -0.487 e. The van der Waals surface area contributed by atoms with Crippen LogP contribution in [0.3, 0.4) is 0 Å². The molecule has 2 fully saturated rings. The molecule has 7 heteroatoms. The van der Waals surface area contributed by atoms with Gasteiger partial charge in [-0.05, 0) is 75.4 Å². The van der Waals surface area contributed by atoms with Crippen molar-refractivity contribution < 1.29 is 23.5 Å². The van der Waals surface area contributed by atoms with E-state index in [0.717, 1.165) is 49.1 Å². The Kier molecular flexibility index (Phi) is 5.94. The van der Waals surface area contributed by atoms with Crippen LogP contribution in [-0.2, 0) is 21.4 Å². The highest BCUT2D eigenvalue weighted by Gasteiger charge is 2.66. The van der Waals surface area contributed by atoms with Gasteiger partial charge in [0.2, 0.25) is 5.91 Å². The van der Waals surface area contributed by atoms with Crippen molar-refractivity contribution in [2.75, 3.05) is 20.1 Å². The van der Waals surface area contributed by atoms with Gasteiger partial charge in [0, 0.05) is 47.7 Å². The van der Waals surface area contributed by atoms with Crippen molar-refractivity contribution in [1.82, 2.24) is 9.80 Å². The topological polar surface area (TPSA) is 72.2 Å². The summed E-state index contributed by atoms with van der Waals surface area (Å²) in [4.78, 5) is 30.1. The number of rotatable bonds is 6. The molecule has 1 saturated heterocycles. The molecule has 7 nitrogen and oxygen atoms in total. The number of carbonyl (C=O) groups is 2. The first-order valence-corrected chi connectivity index (χ1v) is 13.5. The molecule has 1 aromatic carbocycles. The van der Waals surface area contributed by atoms with Gasteiger partial charge in [0.15, 0.2) is 0 Å². The lowest BCUT2D eigenvalue weighted by atomic mass is 9.51. The molecule has 5 atom stereocenters. The van der Waals surface area contributed by atoms with Crippen molar-refractivity contribution in [1.29, 1.82) is 0 Å². The molecule has 0 radical (unpaired) electrons. The normalized spacial score (nSPS) is 29.8. The van der Waals surface area contributed by atoms with Crippen LogP contribution in [0, 0.1) is 11.8 Å². The number of benzene rings is 1. The van der Waals surface area contributed by atoms with E-state index in [0.29, 0.717) is 30.2 Å². The Morgan fingerprint density at radius 3 is 2.84 bits per heavy atom. The van der Waals surface area contributed by atoms with Crippen molar-refractivity contribution in [2.24, 2.45) is 11.8 Å². The smallest absolute Gasteiger partial charge is 0.308 e. The van der Waals surface area contributed by atoms with Gasteiger partial charge < -0.3 is 23.7 Å². The molecule has 196 valence electrons. The largest absolute Gasteiger partial charge is 0.487 e. The number of esters is 1. The standard InChI is InChI=1S/C30H36N2O5/c1-18(2)16-32(27(34)10-5-20-11-14-35-17-20)23-7-6-22-24-15-21-25(36-19(3)33)8-9-26-28(21)30(22,29(23)37-26)12-13-31(24)4/h5,8-11,14,17-18,22-24,29H,6-7,12-13,15-16H2,1-4H3/b10-5+/t22-,23+,24+,29-,30-/m0/s1. The number of hydrogen-bond donors (Lipinski definition) is 0. The number of ether oxygens (including phenoxy) is 2. The molecular weight excluding hydrogens is 468 g/mol. The van der Waals surface area contributed by atoms with Crippen LogP contribution < -0.4 is 9.47 Å². The summed E-state index contributed by atoms with van der Waals surface area (Å²) in [5.41, 5.74) is 3.05. The van der Waals surface area contributed by atoms with Gasteiger partial charge in [0.05, 0.1) is 18.6 Å². The lowest BCUT2D eigenvalue weighted by Gasteiger charge is -2.60. The second kappa shape index (κ2) is 9.05. The molecular formula is C30H36N2O5. The highest BCUT2D eigenvalue weighted by Crippen LogP contribution is 2.63. The third-order valence-electron chi connectivity index (χ3n) is 9.03. The van der Waals surface area contributed by atoms with Crippen LogP contribution in [-0.4, -0.2) is 60.0 Å². The number of nitrogens with zero attached hydrogens (tertiary/aromatic N) is 2. The second-order valence-corrected chi connectivity index (χ2v) is 11.6. The van der Waals surface area contributed by atoms with E-state index in [2.05, 4.69) is 30.7 Å². The summed E-state index contributed by atoms with van der Waals surface area (Å²) in [6, 6.07) is 6.05. The van der Waals surface area contributed by atoms with Gasteiger partial charge in [-0.15, -0.1) is 0 Å². The summed E-state index contributed by atoms with van der Waals surface area (Å²) in [5, 5.41) is 0. The van der Waals surface area contributed by atoms with Crippen LogP contribution in [0.25, 0.3) is 6.08 Å². The number of piperidine rings is 1. The van der Waals surface area contributed by atoms with E-state index in [9.17, 15) is 9.59 Å². The Morgan fingerprint density at radius 1 is 1.27 bits per heavy atom. The first kappa shape index (κ1) is 24.3. The zero-order valence-corrected chi connectivity index (χ0v) is 22.1. The minimum absolute atomic E-state index is 0.00965. The van der Waals surface area contributed by atoms with Crippen LogP contribution in [0.15, 0.2) is 41.2 Å². The predicted molar refractivity (Wildman–Crippen MR) is 139 cm³/mol. The molecule has 37 heavy (non-hydrogen) atoms. The molecule has 4 aliphatic rings. The molecule has 2 aromatic rings. The summed E-state index contributed by atoms with van der Waals surface area (Å²) >= 11 is 0. The van der Waals surface area contributed by atoms with Gasteiger partial charge in [0.1, 0.15) is 17.6 Å². The number of furan rings is 1. The fraction of sp³-hybridized carbons (Fsp3) is 0.533. The number of amides is 1. The van der Waals surface area contributed by atoms with E-state index in [1.165, 1.54) is 12.5 Å². The molecule has 1 spiro atoms. The average Bonchev–Trinajstić information content (AvgIpc) is 3.49. The van der Waals surface area contributed by atoms with Crippen molar-refractivity contribution in [2.45, 2.75) is 70.1 Å². The molecule has 6 rings (SSSR count). The highest BCUT2D eigenvalue weighted by atomic mass is 16.5. The van der Waals surface area contributed by atoms with Gasteiger partial charge in [-0.25, -0.2) is 0 Å². The van der Waals surface area contributed by atoms with Gasteiger partial charge >= 0.3 is 5.97 Å². The molecule has 0 N–H and O–H groups in total. The maximum atomic E-state index is 13.7. The van der Waals surface area contributed by atoms with Crippen molar-refractivity contribution >= 4 is 18.0 Å². The van der Waals surface area contributed by atoms with Crippen molar-refractivity contribution in [3.05, 3.63) is 53.5 Å². The zero-order valence-electron chi connectivity index (χ0n) is 22.1. The van der Waals surface area contributed by atoms with Gasteiger partial charge in [-0.3, -0.25) is 9.59 Å². The van der Waals surface area contributed by atoms with Crippen LogP contribution >= 0.6 is 0 Å². The van der Waals surface area contributed by atoms with Gasteiger partial charge in [-0.1, -0.05) is 13.8 Å². The first-order valence-electron chi connectivity index (χ1n) is 13.5. The number of likely N-dealkylation sites (N-methyl/N-ethyl adjacent to an activating group) is 1. The fourth-order valence-corrected chi connectivity index (χ4v) is 7.70. The quantitative estimate of drug-likeness (QED) is 0.329. The molecule has 0 unspecified atom stereocenters. The Morgan fingerprint density at radius 2 is 2.11 bits per heavy atom. The molecule has 1 aromatic heterocycles. The molecule has 1 amide bonds. The van der Waals surface area contributed by atoms with Crippen LogP contribution in [0.1, 0.15) is 56.7 Å². The van der Waals surface area contributed by atoms with Gasteiger partial charge in [-0.2, -0.15) is 0 Å². The maximum Gasteiger partial charge on any atom is 0.308 e. The Bertz CT molecular complexity index is 1230. The van der Waals surface area contributed by atoms with E-state index in [-0.39, 0.29) is 29.4 Å². The lowest BCUT2D eigenvalue weighted by molar-refractivity contribution is -0.138. The van der Waals surface area contributed by atoms with E-state index < -0.39 is 0 Å². The molecule has 2 aliphatic carbocycles. The Hall–Kier alpha value is -3.06. The van der Waals surface area contributed by atoms with E-state index in [1.54, 1.807) is 18.6 Å². The van der Waals surface area contributed by atoms with E-state index in [1.807, 2.05) is 24.3 Å². The molecule has 2 aliphatic heterocycles. The monoisotopic (exact) mass is 504 g/mol. The van der Waals surface area contributed by atoms with E-state index >= 15 is 0 Å². The SMILES string of the molecule is CC(=O)Oc1ccc2c3c1C[C@@H]1[C@@H]4CC[C@@H](N(CC(C)C)C(=O)/C=C/c5ccoc5)[C@H](O2)[C@]34CCN1C. The summed E-state index contributed by atoms with van der Waals surface area (Å²) in [5.74, 6) is 2.05. The third-order valence-corrected chi connectivity index (χ3v) is 9.03. The summed E-state index contributed by atoms with van der Waals surface area (Å²) in [6.45, 7) is 7.43. The van der Waals surface area contributed by atoms with Crippen LogP contribution in [0.2, 0.25) is 0 Å². The minimum atomic E-state index is -0.301. The third kappa shape index (κ3) is 3.81. The number of carbonyl (C=O) groups excluding carboxylic acids is 2. The Labute approximate surface area is 218 Å². The number of hydrogen-bond acceptors (Lipinski definition) is 6. The first-order chi connectivity index (χ1) is 17.8.